The molecule has 0 aliphatic rings. The molecule has 162 valence electrons. The first kappa shape index (κ1) is 24.6. The highest BCUT2D eigenvalue weighted by Gasteiger charge is 2.13. The molecule has 8 heteroatoms. The molecule has 3 N–H and O–H groups in total. The molecule has 2 aromatic heterocycles. The molecule has 0 aromatic carbocycles. The van der Waals surface area contributed by atoms with Crippen LogP contribution in [0.2, 0.25) is 0 Å². The van der Waals surface area contributed by atoms with Crippen LogP contribution in [0.4, 0.5) is 11.6 Å². The number of nitrogens with two attached hydrogens (primary N) is 1. The Morgan fingerprint density at radius 3 is 2.10 bits per heavy atom. The Labute approximate surface area is 177 Å². The number of nitrogens with zero attached hydrogens (tertiary/aromatic N) is 2. The van der Waals surface area contributed by atoms with Gasteiger partial charge in [0.1, 0.15) is 11.6 Å². The largest absolute Gasteiger partial charge is 0.466 e. The SMILES string of the molecule is CCOC(=O)CC/C(=C/Nc1ccc(C)cn1)C(=O)OCC.Cc1ccc(N)nc1. The molecule has 0 saturated heterocycles. The first-order valence-electron chi connectivity index (χ1n) is 9.74. The van der Waals surface area contributed by atoms with E-state index in [0.717, 1.165) is 11.1 Å². The van der Waals surface area contributed by atoms with Crippen LogP contribution in [-0.2, 0) is 19.1 Å². The summed E-state index contributed by atoms with van der Waals surface area (Å²) in [4.78, 5) is 31.3. The average molecular weight is 415 g/mol. The maximum Gasteiger partial charge on any atom is 0.335 e. The minimum atomic E-state index is -0.452. The number of nitrogens with one attached hydrogen (secondary N) is 1. The zero-order valence-corrected chi connectivity index (χ0v) is 18.0. The van der Waals surface area contributed by atoms with Crippen molar-refractivity contribution in [3.63, 3.8) is 0 Å². The van der Waals surface area contributed by atoms with Gasteiger partial charge < -0.3 is 20.5 Å². The third kappa shape index (κ3) is 10.2. The molecule has 8 nitrogen and oxygen atoms in total. The molecule has 2 rings (SSSR count). The van der Waals surface area contributed by atoms with E-state index in [1.165, 1.54) is 6.20 Å². The van der Waals surface area contributed by atoms with Crippen LogP contribution in [-0.4, -0.2) is 35.1 Å². The van der Waals surface area contributed by atoms with Gasteiger partial charge in [-0.05, 0) is 57.4 Å². The quantitative estimate of drug-likeness (QED) is 0.497. The molecule has 0 radical (unpaired) electrons. The van der Waals surface area contributed by atoms with Crippen molar-refractivity contribution in [3.05, 3.63) is 59.6 Å². The molecule has 2 aromatic rings. The van der Waals surface area contributed by atoms with Crippen molar-refractivity contribution in [2.75, 3.05) is 24.3 Å². The lowest BCUT2D eigenvalue weighted by Crippen LogP contribution is -2.12. The van der Waals surface area contributed by atoms with Crippen LogP contribution in [0.3, 0.4) is 0 Å². The maximum absolute atomic E-state index is 11.9. The Morgan fingerprint density at radius 2 is 1.60 bits per heavy atom. The number of carbonyl (C=O) groups excluding carboxylic acids is 2. The molecular weight excluding hydrogens is 384 g/mol. The highest BCUT2D eigenvalue weighted by molar-refractivity contribution is 5.89. The summed E-state index contributed by atoms with van der Waals surface area (Å²) in [6, 6.07) is 7.43. The standard InChI is InChI=1S/C16H22N2O4.C6H8N2/c1-4-21-15(19)9-7-13(16(20)22-5-2)11-18-14-8-6-12(3)10-17-14;1-5-2-3-6(7)8-4-5/h6,8,10-11H,4-5,7,9H2,1-3H3,(H,17,18);2-4H,1H3,(H2,7,8)/b13-11-;. The second kappa shape index (κ2) is 13.7. The van der Waals surface area contributed by atoms with Gasteiger partial charge in [0.2, 0.25) is 0 Å². The molecule has 0 aliphatic carbocycles. The fraction of sp³-hybridized carbons (Fsp3) is 0.364. The zero-order chi connectivity index (χ0) is 22.4. The van der Waals surface area contributed by atoms with Crippen molar-refractivity contribution in [2.24, 2.45) is 0 Å². The van der Waals surface area contributed by atoms with Crippen LogP contribution in [0.1, 0.15) is 37.8 Å². The van der Waals surface area contributed by atoms with Crippen molar-refractivity contribution < 1.29 is 19.1 Å². The van der Waals surface area contributed by atoms with Gasteiger partial charge in [-0.25, -0.2) is 14.8 Å². The van der Waals surface area contributed by atoms with E-state index in [1.54, 1.807) is 38.4 Å². The molecule has 0 spiro atoms. The topological polar surface area (TPSA) is 116 Å². The van der Waals surface area contributed by atoms with Crippen LogP contribution in [0.25, 0.3) is 0 Å². The summed E-state index contributed by atoms with van der Waals surface area (Å²) < 4.78 is 9.84. The third-order valence-electron chi connectivity index (χ3n) is 3.68. The number of aryl methyl sites for hydroxylation is 2. The number of carbonyl (C=O) groups is 2. The molecule has 0 atom stereocenters. The number of hydrogen-bond acceptors (Lipinski definition) is 8. The van der Waals surface area contributed by atoms with Crippen LogP contribution >= 0.6 is 0 Å². The van der Waals surface area contributed by atoms with Crippen molar-refractivity contribution in [2.45, 2.75) is 40.5 Å². The average Bonchev–Trinajstić information content (AvgIpc) is 2.72. The van der Waals surface area contributed by atoms with Crippen LogP contribution in [0.5, 0.6) is 0 Å². The number of esters is 2. The van der Waals surface area contributed by atoms with Gasteiger partial charge in [0.05, 0.1) is 18.8 Å². The number of anilines is 2. The summed E-state index contributed by atoms with van der Waals surface area (Å²) in [5, 5.41) is 2.94. The number of aromatic nitrogens is 2. The van der Waals surface area contributed by atoms with E-state index in [-0.39, 0.29) is 25.4 Å². The number of pyridine rings is 2. The Balaban J connectivity index is 0.000000467. The summed E-state index contributed by atoms with van der Waals surface area (Å²) in [5.41, 5.74) is 7.87. The number of hydrogen-bond donors (Lipinski definition) is 2. The number of nitrogen functional groups attached to an aromatic ring is 1. The van der Waals surface area contributed by atoms with Gasteiger partial charge in [0.25, 0.3) is 0 Å². The molecule has 0 bridgehead atoms. The fourth-order valence-electron chi connectivity index (χ4n) is 2.12. The first-order valence-corrected chi connectivity index (χ1v) is 9.74. The molecule has 2 heterocycles. The summed E-state index contributed by atoms with van der Waals surface area (Å²) in [6.45, 7) is 7.99. The second-order valence-corrected chi connectivity index (χ2v) is 6.32. The molecule has 0 amide bonds. The highest BCUT2D eigenvalue weighted by atomic mass is 16.5. The van der Waals surface area contributed by atoms with E-state index >= 15 is 0 Å². The summed E-state index contributed by atoms with van der Waals surface area (Å²) in [7, 11) is 0. The van der Waals surface area contributed by atoms with Gasteiger partial charge in [-0.1, -0.05) is 12.1 Å². The summed E-state index contributed by atoms with van der Waals surface area (Å²) >= 11 is 0. The van der Waals surface area contributed by atoms with Gasteiger partial charge in [0, 0.05) is 25.0 Å². The molecule has 0 fully saturated rings. The van der Waals surface area contributed by atoms with Crippen molar-refractivity contribution in [3.8, 4) is 0 Å². The van der Waals surface area contributed by atoms with E-state index in [9.17, 15) is 9.59 Å². The lowest BCUT2D eigenvalue weighted by Gasteiger charge is -2.08. The predicted molar refractivity (Wildman–Crippen MR) is 117 cm³/mol. The monoisotopic (exact) mass is 414 g/mol. The normalized spacial score (nSPS) is 10.5. The van der Waals surface area contributed by atoms with Crippen LogP contribution in [0, 0.1) is 13.8 Å². The second-order valence-electron chi connectivity index (χ2n) is 6.32. The van der Waals surface area contributed by atoms with Crippen molar-refractivity contribution >= 4 is 23.6 Å². The lowest BCUT2D eigenvalue weighted by molar-refractivity contribution is -0.143. The van der Waals surface area contributed by atoms with Gasteiger partial charge >= 0.3 is 11.9 Å². The zero-order valence-electron chi connectivity index (χ0n) is 18.0. The first-order chi connectivity index (χ1) is 14.3. The van der Waals surface area contributed by atoms with E-state index in [1.807, 2.05) is 26.0 Å². The molecular formula is C22H30N4O4. The van der Waals surface area contributed by atoms with E-state index in [4.69, 9.17) is 15.2 Å². The number of rotatable bonds is 8. The Bertz CT molecular complexity index is 797. The predicted octanol–water partition coefficient (Wildman–Crippen LogP) is 3.56. The Kier molecular flexibility index (Phi) is 11.2. The lowest BCUT2D eigenvalue weighted by atomic mass is 10.1. The number of ether oxygens (including phenoxy) is 2. The minimum Gasteiger partial charge on any atom is -0.466 e. The van der Waals surface area contributed by atoms with Crippen molar-refractivity contribution in [1.29, 1.82) is 0 Å². The van der Waals surface area contributed by atoms with Gasteiger partial charge in [0.15, 0.2) is 0 Å². The van der Waals surface area contributed by atoms with Crippen LogP contribution in [0.15, 0.2) is 48.4 Å². The van der Waals surface area contributed by atoms with Gasteiger partial charge in [-0.2, -0.15) is 0 Å². The maximum atomic E-state index is 11.9. The van der Waals surface area contributed by atoms with Gasteiger partial charge in [-0.3, -0.25) is 4.79 Å². The molecule has 0 aliphatic heterocycles. The third-order valence-corrected chi connectivity index (χ3v) is 3.68. The minimum absolute atomic E-state index is 0.126. The fourth-order valence-corrected chi connectivity index (χ4v) is 2.12. The van der Waals surface area contributed by atoms with Crippen LogP contribution < -0.4 is 11.1 Å². The Morgan fingerprint density at radius 1 is 0.967 bits per heavy atom. The molecule has 0 unspecified atom stereocenters. The molecule has 30 heavy (non-hydrogen) atoms. The summed E-state index contributed by atoms with van der Waals surface area (Å²) in [6.07, 6.45) is 5.36. The van der Waals surface area contributed by atoms with Gasteiger partial charge in [-0.15, -0.1) is 0 Å². The van der Waals surface area contributed by atoms with E-state index < -0.39 is 5.97 Å². The Hall–Kier alpha value is -3.42. The summed E-state index contributed by atoms with van der Waals surface area (Å²) in [5.74, 6) is 0.400. The van der Waals surface area contributed by atoms with E-state index in [0.29, 0.717) is 23.8 Å². The van der Waals surface area contributed by atoms with Crippen molar-refractivity contribution in [1.82, 2.24) is 9.97 Å². The molecule has 0 saturated carbocycles. The highest BCUT2D eigenvalue weighted by Crippen LogP contribution is 2.11. The smallest absolute Gasteiger partial charge is 0.335 e. The van der Waals surface area contributed by atoms with E-state index in [2.05, 4.69) is 15.3 Å².